The molecule has 1 aliphatic heterocycles. The van der Waals surface area contributed by atoms with Crippen LogP contribution in [0.15, 0.2) is 82.1 Å². The van der Waals surface area contributed by atoms with Crippen LogP contribution in [0.2, 0.25) is 5.02 Å². The molecule has 2 atom stereocenters. The minimum absolute atomic E-state index is 0.0278. The van der Waals surface area contributed by atoms with Crippen LogP contribution in [-0.4, -0.2) is 5.11 Å². The molecule has 4 aromatic rings. The summed E-state index contributed by atoms with van der Waals surface area (Å²) in [6.07, 6.45) is 1.23. The van der Waals surface area contributed by atoms with E-state index in [1.807, 2.05) is 6.07 Å². The van der Waals surface area contributed by atoms with Gasteiger partial charge < -0.3 is 19.5 Å². The minimum Gasteiger partial charge on any atom is -0.618 e. The number of para-hydroxylation sites is 1. The van der Waals surface area contributed by atoms with Crippen molar-refractivity contribution in [1.29, 1.82) is 0 Å². The van der Waals surface area contributed by atoms with Gasteiger partial charge in [-0.15, -0.1) is 0 Å². The Morgan fingerprint density at radius 2 is 1.90 bits per heavy atom. The van der Waals surface area contributed by atoms with Crippen LogP contribution in [0.1, 0.15) is 29.2 Å². The van der Waals surface area contributed by atoms with E-state index in [2.05, 4.69) is 0 Å². The Labute approximate surface area is 176 Å². The highest BCUT2D eigenvalue weighted by atomic mass is 35.5. The van der Waals surface area contributed by atoms with E-state index in [9.17, 15) is 15.1 Å². The van der Waals surface area contributed by atoms with Crippen molar-refractivity contribution in [2.45, 2.75) is 18.1 Å². The third-order valence-electron chi connectivity index (χ3n) is 5.37. The number of halogens is 1. The summed E-state index contributed by atoms with van der Waals surface area (Å²) in [5.74, 6) is -2.36. The quantitative estimate of drug-likeness (QED) is 0.302. The van der Waals surface area contributed by atoms with Crippen molar-refractivity contribution in [2.75, 3.05) is 0 Å². The number of ether oxygens (including phenoxy) is 1. The van der Waals surface area contributed by atoms with Gasteiger partial charge >= 0.3 is 5.63 Å². The molecule has 3 heterocycles. The van der Waals surface area contributed by atoms with Gasteiger partial charge in [0.05, 0.1) is 10.9 Å². The first kappa shape index (κ1) is 18.7. The van der Waals surface area contributed by atoms with Crippen LogP contribution in [0.5, 0.6) is 5.75 Å². The zero-order chi connectivity index (χ0) is 20.9. The number of hydrogen-bond acceptors (Lipinski definition) is 5. The monoisotopic (exact) mass is 421 g/mol. The summed E-state index contributed by atoms with van der Waals surface area (Å²) in [7, 11) is 0. The maximum absolute atomic E-state index is 12.9. The van der Waals surface area contributed by atoms with Crippen LogP contribution in [0.4, 0.5) is 0 Å². The van der Waals surface area contributed by atoms with Crippen LogP contribution in [0.25, 0.3) is 11.0 Å². The molecule has 0 saturated heterocycles. The molecular formula is C23H16ClNO5. The summed E-state index contributed by atoms with van der Waals surface area (Å²) in [4.78, 5) is 12.9. The Kier molecular flexibility index (Phi) is 4.27. The SMILES string of the molecule is O=c1oc2ccccc2c2c1[C@@H](c1cccc(Cl)c1)C[C@@](O)(c1cccc[n+]1[O-])O2. The third-order valence-corrected chi connectivity index (χ3v) is 5.61. The van der Waals surface area contributed by atoms with E-state index in [-0.39, 0.29) is 23.4 Å². The highest BCUT2D eigenvalue weighted by Gasteiger charge is 2.48. The fourth-order valence-corrected chi connectivity index (χ4v) is 4.23. The zero-order valence-corrected chi connectivity index (χ0v) is 16.4. The molecule has 0 spiro atoms. The Hall–Kier alpha value is -3.35. The lowest BCUT2D eigenvalue weighted by Gasteiger charge is -2.36. The fourth-order valence-electron chi connectivity index (χ4n) is 4.03. The van der Waals surface area contributed by atoms with Crippen molar-refractivity contribution in [3.05, 3.63) is 110 Å². The Morgan fingerprint density at radius 3 is 2.70 bits per heavy atom. The first-order valence-corrected chi connectivity index (χ1v) is 9.75. The molecule has 0 unspecified atom stereocenters. The van der Waals surface area contributed by atoms with Crippen LogP contribution in [-0.2, 0) is 5.79 Å². The van der Waals surface area contributed by atoms with E-state index in [0.717, 1.165) is 0 Å². The molecule has 1 N–H and O–H groups in total. The van der Waals surface area contributed by atoms with E-state index in [4.69, 9.17) is 20.8 Å². The van der Waals surface area contributed by atoms with Gasteiger partial charge in [-0.3, -0.25) is 0 Å². The van der Waals surface area contributed by atoms with Gasteiger partial charge in [-0.1, -0.05) is 35.9 Å². The Morgan fingerprint density at radius 1 is 1.10 bits per heavy atom. The normalized spacial score (nSPS) is 20.5. The molecule has 30 heavy (non-hydrogen) atoms. The summed E-state index contributed by atoms with van der Waals surface area (Å²) >= 11 is 6.19. The molecule has 7 heteroatoms. The standard InChI is InChI=1S/C23H16ClNO5/c24-15-7-5-6-14(12-15)17-13-23(27,19-10-3-4-11-25(19)28)30-21-16-8-1-2-9-18(16)29-22(26)20(17)21/h1-12,17,27H,13H2/t17-,23+/m1/s1. The van der Waals surface area contributed by atoms with Crippen LogP contribution >= 0.6 is 11.6 Å². The van der Waals surface area contributed by atoms with Crippen molar-refractivity contribution in [1.82, 2.24) is 0 Å². The van der Waals surface area contributed by atoms with E-state index in [1.165, 1.54) is 12.3 Å². The molecule has 1 aliphatic rings. The first-order valence-electron chi connectivity index (χ1n) is 9.37. The number of nitrogens with zero attached hydrogens (tertiary/aromatic N) is 1. The largest absolute Gasteiger partial charge is 0.618 e. The van der Waals surface area contributed by atoms with Crippen molar-refractivity contribution in [2.24, 2.45) is 0 Å². The molecule has 0 amide bonds. The third kappa shape index (κ3) is 2.93. The number of rotatable bonds is 2. The Bertz CT molecular complexity index is 1330. The lowest BCUT2D eigenvalue weighted by Crippen LogP contribution is -2.48. The summed E-state index contributed by atoms with van der Waals surface area (Å²) in [5.41, 5.74) is 0.799. The van der Waals surface area contributed by atoms with E-state index < -0.39 is 17.3 Å². The van der Waals surface area contributed by atoms with Gasteiger partial charge in [0.25, 0.3) is 11.5 Å². The van der Waals surface area contributed by atoms with Gasteiger partial charge in [-0.2, -0.15) is 4.73 Å². The summed E-state index contributed by atoms with van der Waals surface area (Å²) in [6.45, 7) is 0. The van der Waals surface area contributed by atoms with Gasteiger partial charge in [0, 0.05) is 29.5 Å². The van der Waals surface area contributed by atoms with Crippen molar-refractivity contribution >= 4 is 22.6 Å². The number of hydrogen-bond donors (Lipinski definition) is 1. The van der Waals surface area contributed by atoms with Gasteiger partial charge in [-0.05, 0) is 35.9 Å². The number of fused-ring (bicyclic) bond motifs is 3. The van der Waals surface area contributed by atoms with Crippen molar-refractivity contribution < 1.29 is 19.0 Å². The average molecular weight is 422 g/mol. The topological polar surface area (TPSA) is 86.6 Å². The maximum Gasteiger partial charge on any atom is 0.343 e. The molecule has 0 fully saturated rings. The first-order chi connectivity index (χ1) is 14.5. The molecule has 5 rings (SSSR count). The van der Waals surface area contributed by atoms with Gasteiger partial charge in [-0.25, -0.2) is 4.79 Å². The Balaban J connectivity index is 1.81. The number of benzene rings is 2. The second kappa shape index (κ2) is 6.86. The molecule has 0 aliphatic carbocycles. The highest BCUT2D eigenvalue weighted by Crippen LogP contribution is 2.48. The predicted molar refractivity (Wildman–Crippen MR) is 110 cm³/mol. The van der Waals surface area contributed by atoms with Gasteiger partial charge in [0.15, 0.2) is 6.20 Å². The molecule has 6 nitrogen and oxygen atoms in total. The molecule has 0 radical (unpaired) electrons. The van der Waals surface area contributed by atoms with E-state index >= 15 is 0 Å². The number of pyridine rings is 1. The van der Waals surface area contributed by atoms with Crippen LogP contribution < -0.4 is 15.1 Å². The fraction of sp³-hybridized carbons (Fsp3) is 0.130. The van der Waals surface area contributed by atoms with Crippen LogP contribution in [0.3, 0.4) is 0 Å². The molecular weight excluding hydrogens is 406 g/mol. The maximum atomic E-state index is 12.9. The second-order valence-electron chi connectivity index (χ2n) is 7.24. The highest BCUT2D eigenvalue weighted by molar-refractivity contribution is 6.30. The molecule has 0 bridgehead atoms. The van der Waals surface area contributed by atoms with Gasteiger partial charge in [0.1, 0.15) is 11.3 Å². The number of aliphatic hydroxyl groups is 1. The summed E-state index contributed by atoms with van der Waals surface area (Å²) in [6, 6.07) is 18.7. The van der Waals surface area contributed by atoms with Gasteiger partial charge in [0.2, 0.25) is 0 Å². The zero-order valence-electron chi connectivity index (χ0n) is 15.6. The average Bonchev–Trinajstić information content (AvgIpc) is 2.73. The van der Waals surface area contributed by atoms with Crippen molar-refractivity contribution in [3.63, 3.8) is 0 Å². The van der Waals surface area contributed by atoms with E-state index in [1.54, 1.807) is 54.6 Å². The predicted octanol–water partition coefficient (Wildman–Crippen LogP) is 3.84. The van der Waals surface area contributed by atoms with E-state index in [0.29, 0.717) is 26.3 Å². The molecule has 0 saturated carbocycles. The number of aromatic nitrogens is 1. The van der Waals surface area contributed by atoms with Crippen LogP contribution in [0, 0.1) is 5.21 Å². The summed E-state index contributed by atoms with van der Waals surface area (Å²) in [5, 5.41) is 25.0. The lowest BCUT2D eigenvalue weighted by atomic mass is 9.82. The minimum atomic E-state index is -1.96. The summed E-state index contributed by atoms with van der Waals surface area (Å²) < 4.78 is 12.1. The van der Waals surface area contributed by atoms with Crippen molar-refractivity contribution in [3.8, 4) is 5.75 Å². The molecule has 2 aromatic heterocycles. The second-order valence-corrected chi connectivity index (χ2v) is 7.67. The molecule has 2 aromatic carbocycles. The smallest absolute Gasteiger partial charge is 0.343 e. The lowest BCUT2D eigenvalue weighted by molar-refractivity contribution is -0.628. The molecule has 150 valence electrons.